The van der Waals surface area contributed by atoms with Gasteiger partial charge in [-0.2, -0.15) is 0 Å². The SMILES string of the molecule is C[C@@H]1CNc2c(sc3ccc4nc(Nc5ccccc5NC(=O)/C=C/CN(C)C)ccc4c23)C(=O)N1. The first-order chi connectivity index (χ1) is 17.4. The van der Waals surface area contributed by atoms with E-state index in [0.717, 1.165) is 32.4 Å². The summed E-state index contributed by atoms with van der Waals surface area (Å²) in [7, 11) is 3.90. The second kappa shape index (κ2) is 9.96. The van der Waals surface area contributed by atoms with Gasteiger partial charge in [0.2, 0.25) is 5.91 Å². The van der Waals surface area contributed by atoms with Gasteiger partial charge in [0, 0.05) is 40.7 Å². The highest BCUT2D eigenvalue weighted by Gasteiger charge is 2.24. The molecule has 2 aromatic heterocycles. The van der Waals surface area contributed by atoms with Crippen molar-refractivity contribution in [2.45, 2.75) is 13.0 Å². The number of amides is 2. The van der Waals surface area contributed by atoms with Crippen LogP contribution in [0.4, 0.5) is 22.9 Å². The fourth-order valence-corrected chi connectivity index (χ4v) is 5.28. The molecule has 1 aliphatic rings. The van der Waals surface area contributed by atoms with Crippen LogP contribution in [0, 0.1) is 0 Å². The third-order valence-corrected chi connectivity index (χ3v) is 7.03. The van der Waals surface area contributed by atoms with Crippen LogP contribution in [0.2, 0.25) is 0 Å². The fourth-order valence-electron chi connectivity index (χ4n) is 4.18. The molecule has 0 saturated heterocycles. The van der Waals surface area contributed by atoms with Crippen molar-refractivity contribution >= 4 is 67.0 Å². The predicted octanol–water partition coefficient (Wildman–Crippen LogP) is 4.79. The minimum atomic E-state index is -0.191. The second-order valence-electron chi connectivity index (χ2n) is 9.09. The molecule has 0 fully saturated rings. The van der Waals surface area contributed by atoms with Crippen molar-refractivity contribution in [2.75, 3.05) is 43.1 Å². The van der Waals surface area contributed by atoms with Crippen LogP contribution in [-0.4, -0.2) is 54.9 Å². The molecule has 36 heavy (non-hydrogen) atoms. The van der Waals surface area contributed by atoms with E-state index in [1.54, 1.807) is 0 Å². The molecule has 1 aliphatic heterocycles. The zero-order chi connectivity index (χ0) is 25.2. The highest BCUT2D eigenvalue weighted by molar-refractivity contribution is 7.21. The number of likely N-dealkylation sites (N-methyl/N-ethyl adjacent to an activating group) is 1. The van der Waals surface area contributed by atoms with E-state index in [1.165, 1.54) is 17.4 Å². The van der Waals surface area contributed by atoms with Crippen molar-refractivity contribution in [2.24, 2.45) is 0 Å². The molecule has 4 aromatic rings. The number of thiophene rings is 1. The molecule has 0 radical (unpaired) electrons. The lowest BCUT2D eigenvalue weighted by atomic mass is 10.1. The summed E-state index contributed by atoms with van der Waals surface area (Å²) < 4.78 is 1.04. The summed E-state index contributed by atoms with van der Waals surface area (Å²) >= 11 is 1.49. The van der Waals surface area contributed by atoms with Crippen LogP contribution in [-0.2, 0) is 4.79 Å². The first-order valence-corrected chi connectivity index (χ1v) is 12.6. The molecule has 0 saturated carbocycles. The average Bonchev–Trinajstić information content (AvgIpc) is 3.16. The standard InChI is InChI=1S/C27H28N6O2S/c1-16-15-28-25-24-17-10-13-22(30-18(17)11-12-21(24)36-26(25)27(35)29-16)31-19-7-4-5-8-20(19)32-23(34)9-6-14-33(2)3/h4-13,16,28H,14-15H2,1-3H3,(H,29,35)(H,30,31)(H,32,34)/b9-6+/t16-/m1/s1. The largest absolute Gasteiger partial charge is 0.381 e. The molecule has 2 aromatic carbocycles. The lowest BCUT2D eigenvalue weighted by Gasteiger charge is -2.13. The van der Waals surface area contributed by atoms with Crippen LogP contribution in [0.3, 0.4) is 0 Å². The first kappa shape index (κ1) is 23.8. The zero-order valence-corrected chi connectivity index (χ0v) is 21.2. The molecule has 9 heteroatoms. The molecule has 8 nitrogen and oxygen atoms in total. The van der Waals surface area contributed by atoms with Gasteiger partial charge >= 0.3 is 0 Å². The van der Waals surface area contributed by atoms with Crippen LogP contribution < -0.4 is 21.3 Å². The number of nitrogens with one attached hydrogen (secondary N) is 4. The molecule has 5 rings (SSSR count). The Hall–Kier alpha value is -3.95. The Morgan fingerprint density at radius 3 is 2.78 bits per heavy atom. The maximum atomic E-state index is 12.7. The normalized spacial score (nSPS) is 15.6. The molecule has 0 bridgehead atoms. The van der Waals surface area contributed by atoms with Crippen molar-refractivity contribution < 1.29 is 9.59 Å². The number of rotatable bonds is 6. The summed E-state index contributed by atoms with van der Waals surface area (Å²) in [4.78, 5) is 32.6. The van der Waals surface area contributed by atoms with Crippen molar-refractivity contribution in [3.8, 4) is 0 Å². The second-order valence-corrected chi connectivity index (χ2v) is 10.1. The number of hydrogen-bond acceptors (Lipinski definition) is 7. The molecular weight excluding hydrogens is 472 g/mol. The Balaban J connectivity index is 1.44. The lowest BCUT2D eigenvalue weighted by molar-refractivity contribution is -0.111. The van der Waals surface area contributed by atoms with Crippen molar-refractivity contribution in [1.29, 1.82) is 0 Å². The van der Waals surface area contributed by atoms with E-state index in [2.05, 4.69) is 21.3 Å². The number of anilines is 4. The monoisotopic (exact) mass is 500 g/mol. The van der Waals surface area contributed by atoms with Gasteiger partial charge in [0.25, 0.3) is 5.91 Å². The van der Waals surface area contributed by atoms with Crippen LogP contribution in [0.5, 0.6) is 0 Å². The smallest absolute Gasteiger partial charge is 0.263 e. The highest BCUT2D eigenvalue weighted by atomic mass is 32.1. The minimum Gasteiger partial charge on any atom is -0.381 e. The number of fused-ring (bicyclic) bond motifs is 5. The van der Waals surface area contributed by atoms with E-state index >= 15 is 0 Å². The molecule has 2 amide bonds. The van der Waals surface area contributed by atoms with Gasteiger partial charge in [-0.25, -0.2) is 4.98 Å². The molecular formula is C27H28N6O2S. The first-order valence-electron chi connectivity index (χ1n) is 11.8. The summed E-state index contributed by atoms with van der Waals surface area (Å²) in [5.41, 5.74) is 3.11. The zero-order valence-electron chi connectivity index (χ0n) is 20.4. The number of aromatic nitrogens is 1. The van der Waals surface area contributed by atoms with E-state index in [1.807, 2.05) is 80.5 Å². The van der Waals surface area contributed by atoms with Crippen LogP contribution in [0.1, 0.15) is 16.6 Å². The molecule has 0 aliphatic carbocycles. The summed E-state index contributed by atoms with van der Waals surface area (Å²) in [6, 6.07) is 15.5. The van der Waals surface area contributed by atoms with E-state index < -0.39 is 0 Å². The topological polar surface area (TPSA) is 98.4 Å². The predicted molar refractivity (Wildman–Crippen MR) is 149 cm³/mol. The van der Waals surface area contributed by atoms with E-state index in [0.29, 0.717) is 29.5 Å². The lowest BCUT2D eigenvalue weighted by Crippen LogP contribution is -2.34. The van der Waals surface area contributed by atoms with Gasteiger partial charge in [0.15, 0.2) is 0 Å². The fraction of sp³-hybridized carbons (Fsp3) is 0.222. The van der Waals surface area contributed by atoms with Crippen molar-refractivity contribution in [3.05, 3.63) is 65.6 Å². The number of para-hydroxylation sites is 2. The van der Waals surface area contributed by atoms with E-state index in [-0.39, 0.29) is 17.9 Å². The molecule has 3 heterocycles. The highest BCUT2D eigenvalue weighted by Crippen LogP contribution is 2.41. The Morgan fingerprint density at radius 2 is 1.97 bits per heavy atom. The van der Waals surface area contributed by atoms with Crippen LogP contribution >= 0.6 is 11.3 Å². The maximum absolute atomic E-state index is 12.7. The van der Waals surface area contributed by atoms with Gasteiger partial charge in [0.1, 0.15) is 10.7 Å². The summed E-state index contributed by atoms with van der Waals surface area (Å²) in [6.07, 6.45) is 3.36. The Kier molecular flexibility index (Phi) is 6.58. The molecule has 1 atom stereocenters. The van der Waals surface area contributed by atoms with Crippen molar-refractivity contribution in [3.63, 3.8) is 0 Å². The average molecular weight is 501 g/mol. The molecule has 0 unspecified atom stereocenters. The van der Waals surface area contributed by atoms with Crippen molar-refractivity contribution in [1.82, 2.24) is 15.2 Å². The Bertz CT molecular complexity index is 1490. The van der Waals surface area contributed by atoms with Gasteiger partial charge in [-0.05, 0) is 57.4 Å². The Morgan fingerprint density at radius 1 is 1.17 bits per heavy atom. The maximum Gasteiger partial charge on any atom is 0.263 e. The number of nitrogens with zero attached hydrogens (tertiary/aromatic N) is 2. The summed E-state index contributed by atoms with van der Waals surface area (Å²) in [6.45, 7) is 3.34. The van der Waals surface area contributed by atoms with Gasteiger partial charge in [-0.1, -0.05) is 18.2 Å². The number of pyridine rings is 1. The van der Waals surface area contributed by atoms with Crippen LogP contribution in [0.25, 0.3) is 21.0 Å². The number of hydrogen-bond donors (Lipinski definition) is 4. The minimum absolute atomic E-state index is 0.0432. The van der Waals surface area contributed by atoms with Gasteiger partial charge < -0.3 is 26.2 Å². The summed E-state index contributed by atoms with van der Waals surface area (Å²) in [5, 5.41) is 14.8. The molecule has 4 N–H and O–H groups in total. The molecule has 184 valence electrons. The van der Waals surface area contributed by atoms with Gasteiger partial charge in [-0.3, -0.25) is 9.59 Å². The third kappa shape index (κ3) is 4.89. The van der Waals surface area contributed by atoms with Gasteiger partial charge in [0.05, 0.1) is 22.6 Å². The third-order valence-electron chi connectivity index (χ3n) is 5.88. The van der Waals surface area contributed by atoms with E-state index in [4.69, 9.17) is 4.98 Å². The van der Waals surface area contributed by atoms with Crippen LogP contribution in [0.15, 0.2) is 60.7 Å². The van der Waals surface area contributed by atoms with E-state index in [9.17, 15) is 9.59 Å². The summed E-state index contributed by atoms with van der Waals surface area (Å²) in [5.74, 6) is 0.426. The number of carbonyl (C=O) groups is 2. The Labute approximate surface area is 213 Å². The van der Waals surface area contributed by atoms with Gasteiger partial charge in [-0.15, -0.1) is 11.3 Å². The quantitative estimate of drug-likeness (QED) is 0.284. The number of carbonyl (C=O) groups excluding carboxylic acids is 2. The number of benzene rings is 2. The molecule has 0 spiro atoms.